The highest BCUT2D eigenvalue weighted by atomic mass is 14.7. The van der Waals surface area contributed by atoms with E-state index in [1.807, 2.05) is 6.92 Å². The third-order valence-corrected chi connectivity index (χ3v) is 2.91. The van der Waals surface area contributed by atoms with Crippen molar-refractivity contribution in [1.29, 1.82) is 0 Å². The van der Waals surface area contributed by atoms with Crippen molar-refractivity contribution in [2.75, 3.05) is 0 Å². The number of para-hydroxylation sites is 1. The van der Waals surface area contributed by atoms with Crippen LogP contribution in [0, 0.1) is 0 Å². The molecule has 0 aliphatic heterocycles. The largest absolute Gasteiger partial charge is 0.358 e. The standard InChI is InChI=1S/C14H20N2/c1-9(2)13-6-4-5-11-8-12(7-10(3)15)16-14(11)13/h4-6,8-10,16H,7,15H2,1-3H3. The lowest BCUT2D eigenvalue weighted by molar-refractivity contribution is 0.726. The third kappa shape index (κ3) is 2.12. The van der Waals surface area contributed by atoms with Crippen LogP contribution in [-0.4, -0.2) is 11.0 Å². The predicted octanol–water partition coefficient (Wildman–Crippen LogP) is 3.18. The number of aromatic nitrogens is 1. The van der Waals surface area contributed by atoms with E-state index >= 15 is 0 Å². The lowest BCUT2D eigenvalue weighted by atomic mass is 10.0. The van der Waals surface area contributed by atoms with Gasteiger partial charge in [-0.3, -0.25) is 0 Å². The van der Waals surface area contributed by atoms with E-state index in [0.29, 0.717) is 5.92 Å². The Morgan fingerprint density at radius 1 is 1.25 bits per heavy atom. The van der Waals surface area contributed by atoms with Crippen LogP contribution in [0.25, 0.3) is 10.9 Å². The summed E-state index contributed by atoms with van der Waals surface area (Å²) in [5.74, 6) is 0.547. The van der Waals surface area contributed by atoms with Gasteiger partial charge in [-0.1, -0.05) is 32.0 Å². The van der Waals surface area contributed by atoms with Crippen LogP contribution in [-0.2, 0) is 6.42 Å². The molecule has 0 radical (unpaired) electrons. The fraction of sp³-hybridized carbons (Fsp3) is 0.429. The first-order chi connectivity index (χ1) is 7.58. The lowest BCUT2D eigenvalue weighted by Crippen LogP contribution is -2.17. The van der Waals surface area contributed by atoms with Crippen LogP contribution in [0.1, 0.15) is 37.9 Å². The summed E-state index contributed by atoms with van der Waals surface area (Å²) in [5, 5.41) is 1.29. The molecule has 2 aromatic rings. The normalized spacial score (nSPS) is 13.6. The lowest BCUT2D eigenvalue weighted by Gasteiger charge is -2.06. The average molecular weight is 216 g/mol. The number of hydrogen-bond donors (Lipinski definition) is 2. The Morgan fingerprint density at radius 2 is 2.00 bits per heavy atom. The number of aromatic amines is 1. The van der Waals surface area contributed by atoms with Crippen molar-refractivity contribution < 1.29 is 0 Å². The van der Waals surface area contributed by atoms with E-state index in [9.17, 15) is 0 Å². The maximum absolute atomic E-state index is 5.82. The van der Waals surface area contributed by atoms with Gasteiger partial charge in [-0.05, 0) is 29.9 Å². The van der Waals surface area contributed by atoms with Gasteiger partial charge in [-0.2, -0.15) is 0 Å². The minimum atomic E-state index is 0.204. The van der Waals surface area contributed by atoms with Gasteiger partial charge in [0.05, 0.1) is 0 Å². The summed E-state index contributed by atoms with van der Waals surface area (Å²) < 4.78 is 0. The van der Waals surface area contributed by atoms with E-state index in [4.69, 9.17) is 5.73 Å². The predicted molar refractivity (Wildman–Crippen MR) is 69.7 cm³/mol. The number of benzene rings is 1. The van der Waals surface area contributed by atoms with Gasteiger partial charge in [-0.15, -0.1) is 0 Å². The van der Waals surface area contributed by atoms with E-state index in [0.717, 1.165) is 6.42 Å². The zero-order valence-electron chi connectivity index (χ0n) is 10.2. The van der Waals surface area contributed by atoms with Gasteiger partial charge in [0.15, 0.2) is 0 Å². The summed E-state index contributed by atoms with van der Waals surface area (Å²) in [6.07, 6.45) is 0.909. The molecule has 2 rings (SSSR count). The molecule has 0 spiro atoms. The van der Waals surface area contributed by atoms with Crippen LogP contribution in [0.15, 0.2) is 24.3 Å². The van der Waals surface area contributed by atoms with E-state index < -0.39 is 0 Å². The molecular weight excluding hydrogens is 196 g/mol. The van der Waals surface area contributed by atoms with Crippen molar-refractivity contribution in [2.45, 2.75) is 39.2 Å². The second kappa shape index (κ2) is 4.30. The Kier molecular flexibility index (Phi) is 3.01. The van der Waals surface area contributed by atoms with Crippen LogP contribution >= 0.6 is 0 Å². The minimum Gasteiger partial charge on any atom is -0.358 e. The maximum atomic E-state index is 5.82. The number of fused-ring (bicyclic) bond motifs is 1. The molecule has 0 amide bonds. The topological polar surface area (TPSA) is 41.8 Å². The molecule has 1 aromatic carbocycles. The van der Waals surface area contributed by atoms with Gasteiger partial charge in [0, 0.05) is 23.7 Å². The summed E-state index contributed by atoms with van der Waals surface area (Å²) in [6, 6.07) is 8.89. The SMILES string of the molecule is CC(N)Cc1cc2cccc(C(C)C)c2[nH]1. The highest BCUT2D eigenvalue weighted by Crippen LogP contribution is 2.25. The summed E-state index contributed by atoms with van der Waals surface area (Å²) in [4.78, 5) is 3.50. The smallest absolute Gasteiger partial charge is 0.0491 e. The van der Waals surface area contributed by atoms with Gasteiger partial charge in [-0.25, -0.2) is 0 Å². The second-order valence-electron chi connectivity index (χ2n) is 4.94. The Morgan fingerprint density at radius 3 is 2.62 bits per heavy atom. The number of nitrogens with two attached hydrogens (primary N) is 1. The van der Waals surface area contributed by atoms with Gasteiger partial charge in [0.25, 0.3) is 0 Å². The van der Waals surface area contributed by atoms with Crippen molar-refractivity contribution in [3.63, 3.8) is 0 Å². The fourth-order valence-corrected chi connectivity index (χ4v) is 2.18. The molecule has 0 saturated heterocycles. The van der Waals surface area contributed by atoms with Crippen LogP contribution in [0.5, 0.6) is 0 Å². The average Bonchev–Trinajstić information content (AvgIpc) is 2.57. The molecule has 3 N–H and O–H groups in total. The zero-order chi connectivity index (χ0) is 11.7. The first-order valence-corrected chi connectivity index (χ1v) is 5.94. The Hall–Kier alpha value is -1.28. The van der Waals surface area contributed by atoms with Crippen LogP contribution in [0.3, 0.4) is 0 Å². The van der Waals surface area contributed by atoms with E-state index in [2.05, 4.69) is 43.1 Å². The fourth-order valence-electron chi connectivity index (χ4n) is 2.18. The van der Waals surface area contributed by atoms with Crippen molar-refractivity contribution in [3.8, 4) is 0 Å². The van der Waals surface area contributed by atoms with Crippen molar-refractivity contribution in [3.05, 3.63) is 35.5 Å². The molecule has 0 aliphatic carbocycles. The highest BCUT2D eigenvalue weighted by Gasteiger charge is 2.08. The summed E-state index contributed by atoms with van der Waals surface area (Å²) in [5.41, 5.74) is 9.71. The number of hydrogen-bond acceptors (Lipinski definition) is 1. The van der Waals surface area contributed by atoms with Crippen molar-refractivity contribution in [2.24, 2.45) is 5.73 Å². The summed E-state index contributed by atoms with van der Waals surface area (Å²) in [6.45, 7) is 6.48. The number of nitrogens with one attached hydrogen (secondary N) is 1. The minimum absolute atomic E-state index is 0.204. The number of rotatable bonds is 3. The van der Waals surface area contributed by atoms with E-state index in [1.165, 1.54) is 22.2 Å². The highest BCUT2D eigenvalue weighted by molar-refractivity contribution is 5.84. The monoisotopic (exact) mass is 216 g/mol. The van der Waals surface area contributed by atoms with E-state index in [1.54, 1.807) is 0 Å². The molecule has 16 heavy (non-hydrogen) atoms. The van der Waals surface area contributed by atoms with Gasteiger partial charge >= 0.3 is 0 Å². The zero-order valence-corrected chi connectivity index (χ0v) is 10.2. The maximum Gasteiger partial charge on any atom is 0.0491 e. The van der Waals surface area contributed by atoms with Crippen molar-refractivity contribution in [1.82, 2.24) is 4.98 Å². The van der Waals surface area contributed by atoms with Crippen LogP contribution in [0.4, 0.5) is 0 Å². The van der Waals surface area contributed by atoms with Gasteiger partial charge < -0.3 is 10.7 Å². The molecule has 0 aliphatic rings. The number of H-pyrrole nitrogens is 1. The molecular formula is C14H20N2. The third-order valence-electron chi connectivity index (χ3n) is 2.91. The molecule has 1 heterocycles. The van der Waals surface area contributed by atoms with E-state index in [-0.39, 0.29) is 6.04 Å². The molecule has 1 aromatic heterocycles. The van der Waals surface area contributed by atoms with Gasteiger partial charge in [0.1, 0.15) is 0 Å². The molecule has 0 saturated carbocycles. The van der Waals surface area contributed by atoms with Gasteiger partial charge in [0.2, 0.25) is 0 Å². The molecule has 1 unspecified atom stereocenters. The first kappa shape index (κ1) is 11.2. The Bertz CT molecular complexity index is 480. The molecule has 86 valence electrons. The Labute approximate surface area is 96.9 Å². The molecule has 0 fully saturated rings. The van der Waals surface area contributed by atoms with Crippen LogP contribution in [0.2, 0.25) is 0 Å². The summed E-state index contributed by atoms with van der Waals surface area (Å²) >= 11 is 0. The second-order valence-corrected chi connectivity index (χ2v) is 4.94. The molecule has 2 nitrogen and oxygen atoms in total. The first-order valence-electron chi connectivity index (χ1n) is 5.94. The Balaban J connectivity index is 2.48. The molecule has 2 heteroatoms. The quantitative estimate of drug-likeness (QED) is 0.813. The molecule has 1 atom stereocenters. The van der Waals surface area contributed by atoms with Crippen molar-refractivity contribution >= 4 is 10.9 Å². The molecule has 0 bridgehead atoms. The van der Waals surface area contributed by atoms with Crippen LogP contribution < -0.4 is 5.73 Å². The summed E-state index contributed by atoms with van der Waals surface area (Å²) in [7, 11) is 0.